The molecule has 1 heterocycles. The summed E-state index contributed by atoms with van der Waals surface area (Å²) in [6, 6.07) is 0.749. The summed E-state index contributed by atoms with van der Waals surface area (Å²) in [7, 11) is 1.87. The number of hydrogen-bond acceptors (Lipinski definition) is 3. The molecule has 1 rings (SSSR count). The van der Waals surface area contributed by atoms with Crippen LogP contribution in [-0.4, -0.2) is 61.0 Å². The Balaban J connectivity index is 2.42. The SMILES string of the molecule is CC(C)N(C)C(=O)CN1CCNC[C@H]1C. The van der Waals surface area contributed by atoms with Gasteiger partial charge in [-0.1, -0.05) is 0 Å². The average molecular weight is 213 g/mol. The van der Waals surface area contributed by atoms with Crippen LogP contribution in [0.2, 0.25) is 0 Å². The van der Waals surface area contributed by atoms with Crippen LogP contribution in [0.1, 0.15) is 20.8 Å². The van der Waals surface area contributed by atoms with Gasteiger partial charge in [-0.05, 0) is 20.8 Å². The Hall–Kier alpha value is -0.610. The highest BCUT2D eigenvalue weighted by molar-refractivity contribution is 5.78. The van der Waals surface area contributed by atoms with Gasteiger partial charge in [0.25, 0.3) is 0 Å². The number of nitrogens with zero attached hydrogens (tertiary/aromatic N) is 2. The van der Waals surface area contributed by atoms with Crippen molar-refractivity contribution >= 4 is 5.91 Å². The normalized spacial score (nSPS) is 23.1. The van der Waals surface area contributed by atoms with Gasteiger partial charge in [0, 0.05) is 38.8 Å². The van der Waals surface area contributed by atoms with Gasteiger partial charge in [-0.3, -0.25) is 9.69 Å². The molecule has 15 heavy (non-hydrogen) atoms. The predicted octanol–water partition coefficient (Wildman–Crippen LogP) is 0.147. The van der Waals surface area contributed by atoms with Gasteiger partial charge in [0.05, 0.1) is 6.54 Å². The van der Waals surface area contributed by atoms with Crippen LogP contribution in [0.3, 0.4) is 0 Å². The summed E-state index contributed by atoms with van der Waals surface area (Å²) in [5, 5.41) is 3.32. The molecule has 1 aliphatic rings. The summed E-state index contributed by atoms with van der Waals surface area (Å²) in [5.74, 6) is 0.221. The molecule has 0 aromatic carbocycles. The van der Waals surface area contributed by atoms with Crippen LogP contribution in [0.4, 0.5) is 0 Å². The lowest BCUT2D eigenvalue weighted by Crippen LogP contribution is -2.53. The van der Waals surface area contributed by atoms with Gasteiger partial charge in [-0.15, -0.1) is 0 Å². The van der Waals surface area contributed by atoms with Crippen molar-refractivity contribution in [1.29, 1.82) is 0 Å². The molecule has 4 heteroatoms. The Kier molecular flexibility index (Phi) is 4.54. The van der Waals surface area contributed by atoms with Gasteiger partial charge in [0.1, 0.15) is 0 Å². The number of rotatable bonds is 3. The second kappa shape index (κ2) is 5.47. The van der Waals surface area contributed by atoms with Gasteiger partial charge in [0.15, 0.2) is 0 Å². The van der Waals surface area contributed by atoms with E-state index in [2.05, 4.69) is 17.1 Å². The minimum absolute atomic E-state index is 0.221. The molecular formula is C11H23N3O. The number of carbonyl (C=O) groups excluding carboxylic acids is 1. The van der Waals surface area contributed by atoms with E-state index in [-0.39, 0.29) is 11.9 Å². The molecule has 0 aromatic rings. The summed E-state index contributed by atoms with van der Waals surface area (Å²) in [5.41, 5.74) is 0. The van der Waals surface area contributed by atoms with E-state index >= 15 is 0 Å². The molecule has 1 N–H and O–H groups in total. The van der Waals surface area contributed by atoms with Crippen molar-refractivity contribution in [2.45, 2.75) is 32.9 Å². The van der Waals surface area contributed by atoms with Gasteiger partial charge >= 0.3 is 0 Å². The lowest BCUT2D eigenvalue weighted by atomic mass is 10.2. The average Bonchev–Trinajstić information content (AvgIpc) is 2.20. The molecule has 1 atom stereocenters. The summed E-state index contributed by atoms with van der Waals surface area (Å²) < 4.78 is 0. The smallest absolute Gasteiger partial charge is 0.236 e. The molecule has 1 aliphatic heterocycles. The van der Waals surface area contributed by atoms with Crippen LogP contribution in [0.5, 0.6) is 0 Å². The third-order valence-corrected chi connectivity index (χ3v) is 3.15. The molecule has 0 aromatic heterocycles. The minimum Gasteiger partial charge on any atom is -0.342 e. The van der Waals surface area contributed by atoms with Crippen LogP contribution < -0.4 is 5.32 Å². The van der Waals surface area contributed by atoms with E-state index in [1.807, 2.05) is 25.8 Å². The second-order valence-electron chi connectivity index (χ2n) is 4.62. The van der Waals surface area contributed by atoms with E-state index in [1.165, 1.54) is 0 Å². The monoisotopic (exact) mass is 213 g/mol. The van der Waals surface area contributed by atoms with E-state index in [0.29, 0.717) is 12.6 Å². The largest absolute Gasteiger partial charge is 0.342 e. The highest BCUT2D eigenvalue weighted by atomic mass is 16.2. The number of nitrogens with one attached hydrogen (secondary N) is 1. The first-order chi connectivity index (χ1) is 7.02. The van der Waals surface area contributed by atoms with E-state index in [9.17, 15) is 4.79 Å². The fourth-order valence-electron chi connectivity index (χ4n) is 1.69. The van der Waals surface area contributed by atoms with Gasteiger partial charge in [-0.2, -0.15) is 0 Å². The van der Waals surface area contributed by atoms with Crippen molar-refractivity contribution in [1.82, 2.24) is 15.1 Å². The van der Waals surface area contributed by atoms with Crippen molar-refractivity contribution < 1.29 is 4.79 Å². The Labute approximate surface area is 92.6 Å². The molecule has 0 radical (unpaired) electrons. The molecule has 0 spiro atoms. The highest BCUT2D eigenvalue weighted by Gasteiger charge is 2.22. The quantitative estimate of drug-likeness (QED) is 0.725. The van der Waals surface area contributed by atoms with Crippen LogP contribution in [0, 0.1) is 0 Å². The molecule has 1 fully saturated rings. The van der Waals surface area contributed by atoms with Gasteiger partial charge in [-0.25, -0.2) is 0 Å². The van der Waals surface area contributed by atoms with Gasteiger partial charge < -0.3 is 10.2 Å². The van der Waals surface area contributed by atoms with Gasteiger partial charge in [0.2, 0.25) is 5.91 Å². The summed E-state index contributed by atoms with van der Waals surface area (Å²) in [4.78, 5) is 15.9. The molecule has 1 saturated heterocycles. The molecule has 4 nitrogen and oxygen atoms in total. The van der Waals surface area contributed by atoms with Crippen molar-refractivity contribution in [3.05, 3.63) is 0 Å². The lowest BCUT2D eigenvalue weighted by Gasteiger charge is -2.34. The molecule has 1 amide bonds. The number of carbonyl (C=O) groups is 1. The third-order valence-electron chi connectivity index (χ3n) is 3.15. The number of hydrogen-bond donors (Lipinski definition) is 1. The first kappa shape index (κ1) is 12.5. The zero-order chi connectivity index (χ0) is 11.4. The molecule has 0 bridgehead atoms. The zero-order valence-electron chi connectivity index (χ0n) is 10.3. The molecular weight excluding hydrogens is 190 g/mol. The number of amides is 1. The summed E-state index contributed by atoms with van der Waals surface area (Å²) in [6.07, 6.45) is 0. The molecule has 0 aliphatic carbocycles. The van der Waals surface area contributed by atoms with Crippen molar-refractivity contribution in [2.24, 2.45) is 0 Å². The Morgan fingerprint density at radius 1 is 1.60 bits per heavy atom. The Bertz CT molecular complexity index is 218. The number of piperazine rings is 1. The van der Waals surface area contributed by atoms with E-state index < -0.39 is 0 Å². The topological polar surface area (TPSA) is 35.6 Å². The van der Waals surface area contributed by atoms with E-state index in [1.54, 1.807) is 0 Å². The second-order valence-corrected chi connectivity index (χ2v) is 4.62. The summed E-state index contributed by atoms with van der Waals surface area (Å²) >= 11 is 0. The summed E-state index contributed by atoms with van der Waals surface area (Å²) in [6.45, 7) is 9.74. The zero-order valence-corrected chi connectivity index (χ0v) is 10.3. The Morgan fingerprint density at radius 3 is 2.80 bits per heavy atom. The lowest BCUT2D eigenvalue weighted by molar-refractivity contribution is -0.133. The van der Waals surface area contributed by atoms with Crippen LogP contribution in [0.25, 0.3) is 0 Å². The standard InChI is InChI=1S/C11H23N3O/c1-9(2)13(4)11(15)8-14-6-5-12-7-10(14)3/h9-10,12H,5-8H2,1-4H3/t10-/m1/s1. The third kappa shape index (κ3) is 3.47. The van der Waals surface area contributed by atoms with E-state index in [4.69, 9.17) is 0 Å². The van der Waals surface area contributed by atoms with E-state index in [0.717, 1.165) is 19.6 Å². The molecule has 0 saturated carbocycles. The number of likely N-dealkylation sites (N-methyl/N-ethyl adjacent to an activating group) is 1. The minimum atomic E-state index is 0.221. The van der Waals surface area contributed by atoms with Crippen molar-refractivity contribution in [3.8, 4) is 0 Å². The first-order valence-corrected chi connectivity index (χ1v) is 5.72. The fraction of sp³-hybridized carbons (Fsp3) is 0.909. The first-order valence-electron chi connectivity index (χ1n) is 5.72. The maximum absolute atomic E-state index is 11.9. The van der Waals surface area contributed by atoms with Crippen LogP contribution >= 0.6 is 0 Å². The molecule has 88 valence electrons. The van der Waals surface area contributed by atoms with Crippen molar-refractivity contribution in [2.75, 3.05) is 33.2 Å². The maximum Gasteiger partial charge on any atom is 0.236 e. The Morgan fingerprint density at radius 2 is 2.27 bits per heavy atom. The molecule has 0 unspecified atom stereocenters. The maximum atomic E-state index is 11.9. The van der Waals surface area contributed by atoms with Crippen LogP contribution in [0.15, 0.2) is 0 Å². The fourth-order valence-corrected chi connectivity index (χ4v) is 1.69. The highest BCUT2D eigenvalue weighted by Crippen LogP contribution is 2.04. The van der Waals surface area contributed by atoms with Crippen LogP contribution in [-0.2, 0) is 4.79 Å². The van der Waals surface area contributed by atoms with Crippen molar-refractivity contribution in [3.63, 3.8) is 0 Å². The predicted molar refractivity (Wildman–Crippen MR) is 61.8 cm³/mol.